The molecule has 1 aromatic heterocycles. The second kappa shape index (κ2) is 5.54. The van der Waals surface area contributed by atoms with E-state index in [1.54, 1.807) is 23.9 Å². The van der Waals surface area contributed by atoms with Crippen molar-refractivity contribution in [2.75, 3.05) is 6.26 Å². The summed E-state index contributed by atoms with van der Waals surface area (Å²) in [5, 5.41) is 0. The lowest BCUT2D eigenvalue weighted by molar-refractivity contribution is 0.602. The van der Waals surface area contributed by atoms with Gasteiger partial charge < -0.3 is 4.98 Å². The molecule has 4 nitrogen and oxygen atoms in total. The average Bonchev–Trinajstić information content (AvgIpc) is 2.87. The number of aromatic amines is 1. The van der Waals surface area contributed by atoms with Crippen LogP contribution in [0.15, 0.2) is 58.3 Å². The van der Waals surface area contributed by atoms with Crippen molar-refractivity contribution in [3.05, 3.63) is 54.4 Å². The van der Waals surface area contributed by atoms with Crippen molar-refractivity contribution < 1.29 is 8.42 Å². The number of imidazole rings is 1. The van der Waals surface area contributed by atoms with E-state index in [1.807, 2.05) is 36.4 Å². The Morgan fingerprint density at radius 3 is 2.57 bits per heavy atom. The highest BCUT2D eigenvalue weighted by atomic mass is 32.2. The summed E-state index contributed by atoms with van der Waals surface area (Å²) in [7, 11) is -3.27. The first-order valence-corrected chi connectivity index (χ1v) is 9.27. The van der Waals surface area contributed by atoms with Gasteiger partial charge in [0.25, 0.3) is 0 Å². The molecule has 0 saturated carbocycles. The Morgan fingerprint density at radius 1 is 1.10 bits per heavy atom. The normalized spacial score (nSPS) is 11.9. The third kappa shape index (κ3) is 3.11. The minimum absolute atomic E-state index is 0.271. The maximum absolute atomic E-state index is 11.8. The summed E-state index contributed by atoms with van der Waals surface area (Å²) in [6, 6.07) is 15.2. The molecule has 0 atom stereocenters. The van der Waals surface area contributed by atoms with Crippen molar-refractivity contribution in [1.29, 1.82) is 0 Å². The molecule has 0 amide bonds. The zero-order chi connectivity index (χ0) is 14.9. The van der Waals surface area contributed by atoms with Crippen molar-refractivity contribution in [1.82, 2.24) is 9.97 Å². The molecule has 0 aliphatic heterocycles. The van der Waals surface area contributed by atoms with E-state index in [-0.39, 0.29) is 4.90 Å². The van der Waals surface area contributed by atoms with Crippen LogP contribution in [0.5, 0.6) is 0 Å². The fourth-order valence-electron chi connectivity index (χ4n) is 2.09. The topological polar surface area (TPSA) is 62.8 Å². The summed E-state index contributed by atoms with van der Waals surface area (Å²) in [4.78, 5) is 9.05. The monoisotopic (exact) mass is 318 g/mol. The van der Waals surface area contributed by atoms with Crippen LogP contribution in [0.4, 0.5) is 0 Å². The van der Waals surface area contributed by atoms with Gasteiger partial charge >= 0.3 is 0 Å². The number of nitrogens with one attached hydrogen (secondary N) is 1. The molecule has 3 aromatic rings. The molecule has 0 fully saturated rings. The number of nitrogens with zero attached hydrogens (tertiary/aromatic N) is 1. The Bertz CT molecular complexity index is 871. The molecule has 3 rings (SSSR count). The molecule has 21 heavy (non-hydrogen) atoms. The smallest absolute Gasteiger partial charge is 0.177 e. The third-order valence-electron chi connectivity index (χ3n) is 3.04. The number of hydrogen-bond donors (Lipinski definition) is 1. The highest BCUT2D eigenvalue weighted by Gasteiger charge is 2.15. The molecular formula is C15H14N2O2S2. The fourth-order valence-corrected chi connectivity index (χ4v) is 3.72. The van der Waals surface area contributed by atoms with E-state index in [2.05, 4.69) is 9.97 Å². The van der Waals surface area contributed by atoms with E-state index in [4.69, 9.17) is 0 Å². The van der Waals surface area contributed by atoms with Gasteiger partial charge in [-0.3, -0.25) is 0 Å². The van der Waals surface area contributed by atoms with Crippen molar-refractivity contribution in [2.24, 2.45) is 0 Å². The second-order valence-corrected chi connectivity index (χ2v) is 7.74. The van der Waals surface area contributed by atoms with Gasteiger partial charge in [-0.25, -0.2) is 13.4 Å². The van der Waals surface area contributed by atoms with Crippen molar-refractivity contribution in [3.8, 4) is 0 Å². The van der Waals surface area contributed by atoms with Gasteiger partial charge in [0.1, 0.15) is 11.3 Å². The maximum Gasteiger partial charge on any atom is 0.177 e. The Labute approximate surface area is 127 Å². The number of sulfone groups is 1. The van der Waals surface area contributed by atoms with Crippen LogP contribution in [-0.4, -0.2) is 24.6 Å². The van der Waals surface area contributed by atoms with Gasteiger partial charge in [0.2, 0.25) is 0 Å². The van der Waals surface area contributed by atoms with E-state index in [0.29, 0.717) is 11.3 Å². The van der Waals surface area contributed by atoms with Crippen molar-refractivity contribution in [3.63, 3.8) is 0 Å². The largest absolute Gasteiger partial charge is 0.341 e. The summed E-state index contributed by atoms with van der Waals surface area (Å²) in [6.45, 7) is 0. The quantitative estimate of drug-likeness (QED) is 0.750. The van der Waals surface area contributed by atoms with Crippen molar-refractivity contribution in [2.45, 2.75) is 15.5 Å². The molecule has 1 heterocycles. The molecule has 108 valence electrons. The molecule has 0 radical (unpaired) electrons. The molecule has 0 saturated heterocycles. The van der Waals surface area contributed by atoms with Gasteiger partial charge in [0.05, 0.1) is 16.2 Å². The van der Waals surface area contributed by atoms with Gasteiger partial charge in [-0.1, -0.05) is 24.3 Å². The molecular weight excluding hydrogens is 304 g/mol. The van der Waals surface area contributed by atoms with Crippen LogP contribution < -0.4 is 0 Å². The lowest BCUT2D eigenvalue weighted by Gasteiger charge is -1.98. The zero-order valence-corrected chi connectivity index (χ0v) is 13.0. The van der Waals surface area contributed by atoms with Gasteiger partial charge in [-0.15, -0.1) is 11.8 Å². The summed E-state index contributed by atoms with van der Waals surface area (Å²) in [5.41, 5.74) is 1.27. The summed E-state index contributed by atoms with van der Waals surface area (Å²) < 4.78 is 23.6. The molecule has 2 aromatic carbocycles. The third-order valence-corrected chi connectivity index (χ3v) is 5.19. The molecule has 0 aliphatic carbocycles. The van der Waals surface area contributed by atoms with E-state index >= 15 is 0 Å². The first-order valence-electron chi connectivity index (χ1n) is 6.39. The van der Waals surface area contributed by atoms with Gasteiger partial charge in [0, 0.05) is 11.2 Å². The zero-order valence-electron chi connectivity index (χ0n) is 11.4. The van der Waals surface area contributed by atoms with Crippen LogP contribution in [0, 0.1) is 0 Å². The minimum atomic E-state index is -3.27. The van der Waals surface area contributed by atoms with E-state index < -0.39 is 9.84 Å². The second-order valence-electron chi connectivity index (χ2n) is 4.71. The number of hydrogen-bond acceptors (Lipinski definition) is 4. The number of benzene rings is 2. The Morgan fingerprint density at radius 2 is 1.86 bits per heavy atom. The first-order chi connectivity index (χ1) is 10.0. The van der Waals surface area contributed by atoms with Crippen LogP contribution >= 0.6 is 11.8 Å². The fraction of sp³-hybridized carbons (Fsp3) is 0.133. The van der Waals surface area contributed by atoms with E-state index in [9.17, 15) is 8.42 Å². The number of thioether (sulfide) groups is 1. The van der Waals surface area contributed by atoms with Crippen LogP contribution in [0.1, 0.15) is 5.82 Å². The Hall–Kier alpha value is -1.79. The van der Waals surface area contributed by atoms with E-state index in [1.165, 1.54) is 6.26 Å². The highest BCUT2D eigenvalue weighted by molar-refractivity contribution is 7.98. The predicted molar refractivity (Wildman–Crippen MR) is 85.2 cm³/mol. The summed E-state index contributed by atoms with van der Waals surface area (Å²) >= 11 is 1.66. The maximum atomic E-state index is 11.8. The number of aromatic nitrogens is 2. The van der Waals surface area contributed by atoms with Crippen LogP contribution in [0.3, 0.4) is 0 Å². The van der Waals surface area contributed by atoms with E-state index in [0.717, 1.165) is 16.2 Å². The Kier molecular flexibility index (Phi) is 3.73. The summed E-state index contributed by atoms with van der Waals surface area (Å²) in [5.74, 6) is 1.44. The molecule has 6 heteroatoms. The predicted octanol–water partition coefficient (Wildman–Crippen LogP) is 3.26. The standard InChI is InChI=1S/C15H14N2O2S2/c1-21(18,19)13-9-5-8-12-15(13)17-14(16-12)10-20-11-6-3-2-4-7-11/h2-9H,10H2,1H3,(H,16,17). The Balaban J connectivity index is 1.91. The summed E-state index contributed by atoms with van der Waals surface area (Å²) in [6.07, 6.45) is 1.20. The molecule has 0 spiro atoms. The molecule has 0 bridgehead atoms. The number of para-hydroxylation sites is 1. The average molecular weight is 318 g/mol. The van der Waals surface area contributed by atoms with Crippen LogP contribution in [-0.2, 0) is 15.6 Å². The molecule has 0 aliphatic rings. The van der Waals surface area contributed by atoms with Crippen LogP contribution in [0.2, 0.25) is 0 Å². The van der Waals surface area contributed by atoms with Gasteiger partial charge in [0.15, 0.2) is 9.84 Å². The van der Waals surface area contributed by atoms with Gasteiger partial charge in [-0.05, 0) is 24.3 Å². The lowest BCUT2D eigenvalue weighted by atomic mass is 10.3. The lowest BCUT2D eigenvalue weighted by Crippen LogP contribution is -1.97. The molecule has 0 unspecified atom stereocenters. The minimum Gasteiger partial charge on any atom is -0.341 e. The number of H-pyrrole nitrogens is 1. The number of rotatable bonds is 4. The number of fused-ring (bicyclic) bond motifs is 1. The first kappa shape index (κ1) is 14.2. The van der Waals surface area contributed by atoms with Crippen LogP contribution in [0.25, 0.3) is 11.0 Å². The molecule has 1 N–H and O–H groups in total. The van der Waals surface area contributed by atoms with Gasteiger partial charge in [-0.2, -0.15) is 0 Å². The van der Waals surface area contributed by atoms with Crippen molar-refractivity contribution >= 4 is 32.6 Å². The SMILES string of the molecule is CS(=O)(=O)c1cccc2[nH]c(CSc3ccccc3)nc12. The highest BCUT2D eigenvalue weighted by Crippen LogP contribution is 2.25.